The van der Waals surface area contributed by atoms with Crippen LogP contribution in [0.5, 0.6) is 0 Å². The van der Waals surface area contributed by atoms with Crippen LogP contribution in [0.2, 0.25) is 0 Å². The molecule has 1 atom stereocenters. The van der Waals surface area contributed by atoms with Crippen molar-refractivity contribution in [3.05, 3.63) is 70.3 Å². The van der Waals surface area contributed by atoms with Crippen molar-refractivity contribution in [3.8, 4) is 0 Å². The molecule has 2 N–H and O–H groups in total. The van der Waals surface area contributed by atoms with E-state index in [4.69, 9.17) is 4.52 Å². The highest BCUT2D eigenvalue weighted by Crippen LogP contribution is 2.27. The Morgan fingerprint density at radius 2 is 1.91 bits per heavy atom. The van der Waals surface area contributed by atoms with Gasteiger partial charge in [0.15, 0.2) is 23.3 Å². The van der Waals surface area contributed by atoms with E-state index in [9.17, 15) is 23.1 Å². The van der Waals surface area contributed by atoms with Gasteiger partial charge in [-0.3, -0.25) is 4.79 Å². The highest BCUT2D eigenvalue weighted by atomic mass is 35.5. The molecule has 0 spiro atoms. The molecule has 0 bridgehead atoms. The van der Waals surface area contributed by atoms with Gasteiger partial charge in [-0.1, -0.05) is 11.2 Å². The molecule has 1 aromatic carbocycles. The van der Waals surface area contributed by atoms with E-state index in [-0.39, 0.29) is 30.3 Å². The molecule has 7 nitrogen and oxygen atoms in total. The molecule has 34 heavy (non-hydrogen) atoms. The van der Waals surface area contributed by atoms with E-state index in [0.717, 1.165) is 55.9 Å². The first kappa shape index (κ1) is 25.5. The number of aromatic nitrogens is 3. The molecule has 0 amide bonds. The van der Waals surface area contributed by atoms with Crippen molar-refractivity contribution in [2.24, 2.45) is 0 Å². The third kappa shape index (κ3) is 6.25. The van der Waals surface area contributed by atoms with Crippen LogP contribution in [0.25, 0.3) is 0 Å². The number of aryl methyl sites for hydroxylation is 3. The first-order valence-electron chi connectivity index (χ1n) is 10.8. The molecular weight excluding hydrogens is 473 g/mol. The molecule has 1 unspecified atom stereocenters. The molecular formula is C23H24ClF3N4O3. The van der Waals surface area contributed by atoms with Crippen molar-refractivity contribution in [1.82, 2.24) is 15.1 Å². The fourth-order valence-corrected chi connectivity index (χ4v) is 3.95. The van der Waals surface area contributed by atoms with E-state index in [1.54, 1.807) is 0 Å². The monoisotopic (exact) mass is 496 g/mol. The average molecular weight is 497 g/mol. The van der Waals surface area contributed by atoms with Crippen LogP contribution in [-0.2, 0) is 30.5 Å². The van der Waals surface area contributed by atoms with E-state index in [2.05, 4.69) is 26.5 Å². The van der Waals surface area contributed by atoms with Gasteiger partial charge in [-0.25, -0.2) is 18.2 Å². The molecule has 1 aliphatic heterocycles. The summed E-state index contributed by atoms with van der Waals surface area (Å²) < 4.78 is 45.8. The normalized spacial score (nSPS) is 13.5. The number of nitrogens with zero attached hydrogens (tertiary/aromatic N) is 3. The average Bonchev–Trinajstić information content (AvgIpc) is 3.23. The highest BCUT2D eigenvalue weighted by Gasteiger charge is 2.23. The van der Waals surface area contributed by atoms with Crippen LogP contribution in [0.1, 0.15) is 53.7 Å². The van der Waals surface area contributed by atoms with E-state index >= 15 is 0 Å². The Bertz CT molecular complexity index is 1140. The molecule has 182 valence electrons. The SMILES string of the molecule is Cl.O=C(O)CC(Cc1nc(CCCc2ccc3c(n2)NCCC3)no1)c1cc(F)c(F)c(F)c1. The Balaban J connectivity index is 0.00000324. The maximum atomic E-state index is 13.6. The lowest BCUT2D eigenvalue weighted by atomic mass is 9.92. The number of hydrogen-bond donors (Lipinski definition) is 2. The topological polar surface area (TPSA) is 101 Å². The summed E-state index contributed by atoms with van der Waals surface area (Å²) in [5.74, 6) is -4.83. The summed E-state index contributed by atoms with van der Waals surface area (Å²) in [6.45, 7) is 0.926. The van der Waals surface area contributed by atoms with Crippen molar-refractivity contribution in [2.75, 3.05) is 11.9 Å². The number of aliphatic carboxylic acids is 1. The smallest absolute Gasteiger partial charge is 0.303 e. The van der Waals surface area contributed by atoms with E-state index in [1.165, 1.54) is 5.56 Å². The van der Waals surface area contributed by atoms with Gasteiger partial charge in [0.2, 0.25) is 5.89 Å². The number of nitrogens with one attached hydrogen (secondary N) is 1. The maximum Gasteiger partial charge on any atom is 0.303 e. The van der Waals surface area contributed by atoms with Crippen LogP contribution in [0.15, 0.2) is 28.8 Å². The van der Waals surface area contributed by atoms with Crippen LogP contribution >= 0.6 is 12.4 Å². The number of benzene rings is 1. The fraction of sp³-hybridized carbons (Fsp3) is 0.391. The van der Waals surface area contributed by atoms with Gasteiger partial charge < -0.3 is 14.9 Å². The number of anilines is 1. The van der Waals surface area contributed by atoms with Gasteiger partial charge in [0.1, 0.15) is 5.82 Å². The van der Waals surface area contributed by atoms with Crippen molar-refractivity contribution < 1.29 is 27.6 Å². The number of halogens is 4. The first-order chi connectivity index (χ1) is 15.9. The van der Waals surface area contributed by atoms with Crippen LogP contribution in [0, 0.1) is 17.5 Å². The predicted octanol–water partition coefficient (Wildman–Crippen LogP) is 4.64. The Morgan fingerprint density at radius 1 is 1.15 bits per heavy atom. The summed E-state index contributed by atoms with van der Waals surface area (Å²) in [5.41, 5.74) is 2.21. The lowest BCUT2D eigenvalue weighted by Gasteiger charge is -2.17. The highest BCUT2D eigenvalue weighted by molar-refractivity contribution is 5.85. The van der Waals surface area contributed by atoms with Gasteiger partial charge in [0.05, 0.1) is 6.42 Å². The molecule has 0 saturated heterocycles. The van der Waals surface area contributed by atoms with Crippen LogP contribution < -0.4 is 5.32 Å². The van der Waals surface area contributed by atoms with Crippen LogP contribution in [-0.4, -0.2) is 32.7 Å². The van der Waals surface area contributed by atoms with Gasteiger partial charge in [0.25, 0.3) is 0 Å². The standard InChI is InChI=1S/C23H23F3N4O3.ClH/c24-17-9-14(10-18(25)22(17)26)15(12-21(31)32)11-20-29-19(30-33-20)5-1-4-16-7-6-13-3-2-8-27-23(13)28-16;/h6-7,9-10,15H,1-5,8,11-12H2,(H,27,28)(H,31,32);1H. The van der Waals surface area contributed by atoms with Crippen molar-refractivity contribution in [1.29, 1.82) is 0 Å². The Labute approximate surface area is 200 Å². The van der Waals surface area contributed by atoms with Gasteiger partial charge in [-0.2, -0.15) is 4.98 Å². The maximum absolute atomic E-state index is 13.6. The third-order valence-electron chi connectivity index (χ3n) is 5.61. The van der Waals surface area contributed by atoms with E-state index in [0.29, 0.717) is 12.2 Å². The predicted molar refractivity (Wildman–Crippen MR) is 120 cm³/mol. The number of carboxylic acid groups (broad SMARTS) is 1. The molecule has 0 radical (unpaired) electrons. The van der Waals surface area contributed by atoms with Gasteiger partial charge in [0, 0.05) is 31.0 Å². The lowest BCUT2D eigenvalue weighted by molar-refractivity contribution is -0.137. The van der Waals surface area contributed by atoms with Crippen LogP contribution in [0.4, 0.5) is 19.0 Å². The minimum Gasteiger partial charge on any atom is -0.481 e. The Hall–Kier alpha value is -3.14. The quantitative estimate of drug-likeness (QED) is 0.416. The second-order valence-electron chi connectivity index (χ2n) is 8.10. The molecule has 11 heteroatoms. The van der Waals surface area contributed by atoms with Crippen LogP contribution in [0.3, 0.4) is 0 Å². The molecule has 4 rings (SSSR count). The van der Waals surface area contributed by atoms with Gasteiger partial charge in [-0.15, -0.1) is 12.4 Å². The molecule has 1 aliphatic rings. The first-order valence-corrected chi connectivity index (χ1v) is 10.8. The number of carboxylic acids is 1. The summed E-state index contributed by atoms with van der Waals surface area (Å²) in [6, 6.07) is 5.71. The summed E-state index contributed by atoms with van der Waals surface area (Å²) in [4.78, 5) is 20.2. The number of carbonyl (C=O) groups is 1. The second kappa shape index (κ2) is 11.3. The Morgan fingerprint density at radius 3 is 2.65 bits per heavy atom. The molecule has 3 aromatic rings. The van der Waals surface area contributed by atoms with Gasteiger partial charge in [-0.05, 0) is 55.0 Å². The number of hydrogen-bond acceptors (Lipinski definition) is 6. The number of rotatable bonds is 9. The molecule has 0 aliphatic carbocycles. The zero-order chi connectivity index (χ0) is 23.4. The summed E-state index contributed by atoms with van der Waals surface area (Å²) in [6.07, 6.45) is 3.65. The summed E-state index contributed by atoms with van der Waals surface area (Å²) in [7, 11) is 0. The molecule has 0 fully saturated rings. The zero-order valence-electron chi connectivity index (χ0n) is 18.2. The fourth-order valence-electron chi connectivity index (χ4n) is 3.95. The summed E-state index contributed by atoms with van der Waals surface area (Å²) in [5, 5.41) is 16.4. The second-order valence-corrected chi connectivity index (χ2v) is 8.10. The number of fused-ring (bicyclic) bond motifs is 1. The van der Waals surface area contributed by atoms with E-state index in [1.807, 2.05) is 6.07 Å². The van der Waals surface area contributed by atoms with Gasteiger partial charge >= 0.3 is 5.97 Å². The molecule has 2 aromatic heterocycles. The minimum atomic E-state index is -1.60. The number of pyridine rings is 1. The molecule has 3 heterocycles. The minimum absolute atomic E-state index is 0. The zero-order valence-corrected chi connectivity index (χ0v) is 19.0. The Kier molecular flexibility index (Phi) is 8.49. The lowest BCUT2D eigenvalue weighted by Crippen LogP contribution is -2.14. The van der Waals surface area contributed by atoms with Crippen molar-refractivity contribution in [3.63, 3.8) is 0 Å². The largest absolute Gasteiger partial charge is 0.481 e. The van der Waals surface area contributed by atoms with E-state index < -0.39 is 35.8 Å². The van der Waals surface area contributed by atoms with Crippen molar-refractivity contribution in [2.45, 2.75) is 50.9 Å². The molecule has 0 saturated carbocycles. The third-order valence-corrected chi connectivity index (χ3v) is 5.61. The van der Waals surface area contributed by atoms with Crippen molar-refractivity contribution >= 4 is 24.2 Å². The summed E-state index contributed by atoms with van der Waals surface area (Å²) >= 11 is 0.